The highest BCUT2D eigenvalue weighted by atomic mass is 79.9. The van der Waals surface area contributed by atoms with E-state index in [-0.39, 0.29) is 40.4 Å². The Labute approximate surface area is 163 Å². The van der Waals surface area contributed by atoms with Gasteiger partial charge in [0.05, 0.1) is 16.9 Å². The molecule has 1 amide bonds. The fourth-order valence-corrected chi connectivity index (χ4v) is 9.28. The summed E-state index contributed by atoms with van der Waals surface area (Å²) in [7, 11) is -1.45. The summed E-state index contributed by atoms with van der Waals surface area (Å²) in [5.41, 5.74) is -0.441. The molecule has 4 aliphatic carbocycles. The van der Waals surface area contributed by atoms with E-state index in [0.717, 1.165) is 32.1 Å². The van der Waals surface area contributed by atoms with Crippen molar-refractivity contribution in [3.63, 3.8) is 0 Å². The van der Waals surface area contributed by atoms with Crippen LogP contribution in [0.2, 0.25) is 0 Å². The van der Waals surface area contributed by atoms with Gasteiger partial charge in [-0.3, -0.25) is 9.59 Å². The monoisotopic (exact) mass is 447 g/mol. The van der Waals surface area contributed by atoms with Crippen LogP contribution in [-0.2, 0) is 24.2 Å². The maximum absolute atomic E-state index is 12.9. The first-order chi connectivity index (χ1) is 12.1. The molecule has 0 N–H and O–H groups in total. The van der Waals surface area contributed by atoms with Crippen molar-refractivity contribution < 1.29 is 22.7 Å². The van der Waals surface area contributed by atoms with Crippen molar-refractivity contribution in [1.82, 2.24) is 4.90 Å². The Morgan fingerprint density at radius 3 is 2.38 bits per heavy atom. The van der Waals surface area contributed by atoms with E-state index in [2.05, 4.69) is 15.9 Å². The number of nitrogens with zero attached hydrogens (tertiary/aromatic N) is 1. The molecule has 4 saturated carbocycles. The van der Waals surface area contributed by atoms with E-state index in [1.54, 1.807) is 7.05 Å². The Hall–Kier alpha value is -0.630. The number of alkyl halides is 1. The molecule has 3 unspecified atom stereocenters. The van der Waals surface area contributed by atoms with Gasteiger partial charge in [-0.25, -0.2) is 8.42 Å². The zero-order chi connectivity index (χ0) is 18.7. The Morgan fingerprint density at radius 1 is 1.19 bits per heavy atom. The molecule has 5 fully saturated rings. The van der Waals surface area contributed by atoms with Crippen LogP contribution in [0.4, 0.5) is 0 Å². The molecular formula is C18H26BrNO5S. The Bertz CT molecular complexity index is 722. The molecule has 1 aliphatic heterocycles. The van der Waals surface area contributed by atoms with E-state index in [1.807, 2.05) is 0 Å². The first kappa shape index (κ1) is 18.7. The third-order valence-corrected chi connectivity index (χ3v) is 9.58. The minimum atomic E-state index is -3.05. The minimum absolute atomic E-state index is 0.00257. The summed E-state index contributed by atoms with van der Waals surface area (Å²) in [6.07, 6.45) is 6.49. The quantitative estimate of drug-likeness (QED) is 0.485. The van der Waals surface area contributed by atoms with Gasteiger partial charge in [0, 0.05) is 17.4 Å². The zero-order valence-corrected chi connectivity index (χ0v) is 17.5. The van der Waals surface area contributed by atoms with Crippen LogP contribution in [0.25, 0.3) is 0 Å². The number of carbonyl (C=O) groups is 2. The lowest BCUT2D eigenvalue weighted by molar-refractivity contribution is -0.172. The van der Waals surface area contributed by atoms with Gasteiger partial charge in [0.1, 0.15) is 0 Å². The second-order valence-electron chi connectivity index (χ2n) is 9.03. The number of halogens is 1. The van der Waals surface area contributed by atoms with E-state index in [0.29, 0.717) is 18.3 Å². The fourth-order valence-electron chi connectivity index (χ4n) is 6.06. The normalized spacial score (nSPS) is 42.6. The van der Waals surface area contributed by atoms with Crippen LogP contribution in [-0.4, -0.2) is 60.7 Å². The summed E-state index contributed by atoms with van der Waals surface area (Å²) in [6, 6.07) is -0.309. The Kier molecular flexibility index (Phi) is 4.46. The maximum atomic E-state index is 12.9. The molecule has 146 valence electrons. The van der Waals surface area contributed by atoms with Crippen LogP contribution < -0.4 is 0 Å². The summed E-state index contributed by atoms with van der Waals surface area (Å²) in [5, 5.41) is 0. The average Bonchev–Trinajstić information content (AvgIpc) is 2.89. The van der Waals surface area contributed by atoms with E-state index >= 15 is 0 Å². The number of sulfone groups is 1. The van der Waals surface area contributed by atoms with Crippen LogP contribution >= 0.6 is 15.9 Å². The molecule has 4 bridgehead atoms. The van der Waals surface area contributed by atoms with Gasteiger partial charge in [-0.15, -0.1) is 0 Å². The lowest BCUT2D eigenvalue weighted by Crippen LogP contribution is -2.56. The first-order valence-electron chi connectivity index (χ1n) is 9.42. The largest absolute Gasteiger partial charge is 0.455 e. The van der Waals surface area contributed by atoms with Crippen molar-refractivity contribution in [2.24, 2.45) is 17.3 Å². The molecule has 6 nitrogen and oxygen atoms in total. The van der Waals surface area contributed by atoms with Crippen molar-refractivity contribution in [3.05, 3.63) is 0 Å². The molecule has 5 aliphatic rings. The molecule has 5 rings (SSSR count). The lowest BCUT2D eigenvalue weighted by Gasteiger charge is -2.58. The Balaban J connectivity index is 1.36. The standard InChI is InChI=1S/C18H26BrNO5S/c1-20(14-2-3-26(23,24)10-14)15(21)9-25-16(22)17-5-12-4-13(6-17)8-18(19,7-12)11-17/h12-14H,2-11H2,1H3. The number of esters is 1. The number of likely N-dealkylation sites (N-methyl/N-ethyl adjacent to an activating group) is 1. The van der Waals surface area contributed by atoms with Gasteiger partial charge >= 0.3 is 5.97 Å². The van der Waals surface area contributed by atoms with Crippen molar-refractivity contribution in [3.8, 4) is 0 Å². The number of carbonyl (C=O) groups excluding carboxylic acids is 2. The third-order valence-electron chi connectivity index (χ3n) is 6.90. The predicted molar refractivity (Wildman–Crippen MR) is 99.6 cm³/mol. The average molecular weight is 448 g/mol. The molecule has 0 radical (unpaired) electrons. The second kappa shape index (κ2) is 6.19. The van der Waals surface area contributed by atoms with Crippen LogP contribution in [0.15, 0.2) is 0 Å². The molecule has 1 heterocycles. The number of ether oxygens (including phenoxy) is 1. The van der Waals surface area contributed by atoms with Crippen molar-refractivity contribution >= 4 is 37.6 Å². The Morgan fingerprint density at radius 2 is 1.85 bits per heavy atom. The summed E-state index contributed by atoms with van der Waals surface area (Å²) in [5.74, 6) is 0.710. The van der Waals surface area contributed by atoms with Gasteiger partial charge in [0.25, 0.3) is 5.91 Å². The molecule has 26 heavy (non-hydrogen) atoms. The van der Waals surface area contributed by atoms with E-state index in [9.17, 15) is 18.0 Å². The molecule has 3 atom stereocenters. The van der Waals surface area contributed by atoms with Gasteiger partial charge in [-0.2, -0.15) is 0 Å². The van der Waals surface area contributed by atoms with Crippen LogP contribution in [0, 0.1) is 17.3 Å². The number of hydrogen-bond donors (Lipinski definition) is 0. The fraction of sp³-hybridized carbons (Fsp3) is 0.889. The van der Waals surface area contributed by atoms with Gasteiger partial charge in [-0.1, -0.05) is 15.9 Å². The smallest absolute Gasteiger partial charge is 0.312 e. The molecule has 0 spiro atoms. The topological polar surface area (TPSA) is 80.8 Å². The molecule has 8 heteroatoms. The first-order valence-corrected chi connectivity index (χ1v) is 12.0. The van der Waals surface area contributed by atoms with Crippen molar-refractivity contribution in [2.75, 3.05) is 25.2 Å². The van der Waals surface area contributed by atoms with E-state index in [4.69, 9.17) is 4.74 Å². The lowest BCUT2D eigenvalue weighted by atomic mass is 9.49. The SMILES string of the molecule is CN(C(=O)COC(=O)C12CC3CC(CC(Br)(C3)C1)C2)C1CCS(=O)(=O)C1. The summed E-state index contributed by atoms with van der Waals surface area (Å²) >= 11 is 3.88. The maximum Gasteiger partial charge on any atom is 0.312 e. The van der Waals surface area contributed by atoms with E-state index in [1.165, 1.54) is 11.3 Å². The summed E-state index contributed by atoms with van der Waals surface area (Å²) in [6.45, 7) is -0.293. The molecule has 0 aromatic heterocycles. The summed E-state index contributed by atoms with van der Waals surface area (Å²) in [4.78, 5) is 26.7. The van der Waals surface area contributed by atoms with Gasteiger partial charge < -0.3 is 9.64 Å². The highest BCUT2D eigenvalue weighted by Gasteiger charge is 2.60. The predicted octanol–water partition coefficient (Wildman–Crippen LogP) is 1.91. The van der Waals surface area contributed by atoms with Gasteiger partial charge in [-0.05, 0) is 56.8 Å². The molecule has 1 saturated heterocycles. The second-order valence-corrected chi connectivity index (χ2v) is 12.9. The van der Waals surface area contributed by atoms with Crippen molar-refractivity contribution in [2.45, 2.75) is 55.3 Å². The van der Waals surface area contributed by atoms with Crippen LogP contribution in [0.5, 0.6) is 0 Å². The highest BCUT2D eigenvalue weighted by Crippen LogP contribution is 2.64. The summed E-state index contributed by atoms with van der Waals surface area (Å²) < 4.78 is 28.7. The van der Waals surface area contributed by atoms with Gasteiger partial charge in [0.15, 0.2) is 16.4 Å². The highest BCUT2D eigenvalue weighted by molar-refractivity contribution is 9.10. The molecular weight excluding hydrogens is 422 g/mol. The third kappa shape index (κ3) is 3.32. The van der Waals surface area contributed by atoms with Gasteiger partial charge in [0.2, 0.25) is 0 Å². The minimum Gasteiger partial charge on any atom is -0.455 e. The van der Waals surface area contributed by atoms with Crippen LogP contribution in [0.3, 0.4) is 0 Å². The number of amides is 1. The molecule has 0 aromatic rings. The van der Waals surface area contributed by atoms with Crippen LogP contribution in [0.1, 0.15) is 44.9 Å². The zero-order valence-electron chi connectivity index (χ0n) is 15.1. The molecule has 0 aromatic carbocycles. The van der Waals surface area contributed by atoms with E-state index < -0.39 is 15.3 Å². The van der Waals surface area contributed by atoms with Crippen molar-refractivity contribution in [1.29, 1.82) is 0 Å². The number of rotatable bonds is 4. The number of hydrogen-bond acceptors (Lipinski definition) is 5.